The lowest BCUT2D eigenvalue weighted by atomic mass is 9.98. The van der Waals surface area contributed by atoms with Gasteiger partial charge in [-0.05, 0) is 66.4 Å². The van der Waals surface area contributed by atoms with Gasteiger partial charge in [-0.25, -0.2) is 8.42 Å². The standard InChI is InChI=1S/C25H21Cl2N3O3S/c26-20-7-11-22(12-8-20)34(32,33)30(15-18-3-1-2-4-23(18)27)16-24(31)29-21-9-5-19(6-10-21)25(17-28)13-14-25/h1-12H,13-16H2,(H,29,31). The molecule has 3 aromatic carbocycles. The van der Waals surface area contributed by atoms with E-state index in [4.69, 9.17) is 23.2 Å². The van der Waals surface area contributed by atoms with Crippen molar-refractivity contribution in [3.8, 4) is 6.07 Å². The number of rotatable bonds is 8. The fourth-order valence-corrected chi connectivity index (χ4v) is 5.32. The van der Waals surface area contributed by atoms with Crippen molar-refractivity contribution in [1.29, 1.82) is 5.26 Å². The molecule has 0 unspecified atom stereocenters. The van der Waals surface area contributed by atoms with E-state index in [-0.39, 0.29) is 11.4 Å². The Balaban J connectivity index is 1.55. The van der Waals surface area contributed by atoms with Gasteiger partial charge in [-0.15, -0.1) is 0 Å². The number of nitrogens with zero attached hydrogens (tertiary/aromatic N) is 2. The maximum Gasteiger partial charge on any atom is 0.243 e. The Morgan fingerprint density at radius 3 is 2.24 bits per heavy atom. The van der Waals surface area contributed by atoms with Gasteiger partial charge in [0.05, 0.1) is 22.9 Å². The van der Waals surface area contributed by atoms with Gasteiger partial charge in [0.25, 0.3) is 0 Å². The average Bonchev–Trinajstić information content (AvgIpc) is 3.62. The molecule has 1 N–H and O–H groups in total. The van der Waals surface area contributed by atoms with Gasteiger partial charge in [-0.1, -0.05) is 53.5 Å². The van der Waals surface area contributed by atoms with E-state index in [1.165, 1.54) is 24.3 Å². The summed E-state index contributed by atoms with van der Waals surface area (Å²) in [6.07, 6.45) is 1.66. The van der Waals surface area contributed by atoms with Gasteiger partial charge in [-0.3, -0.25) is 4.79 Å². The third kappa shape index (κ3) is 5.26. The Labute approximate surface area is 208 Å². The van der Waals surface area contributed by atoms with Crippen LogP contribution in [0.25, 0.3) is 0 Å². The van der Waals surface area contributed by atoms with Gasteiger partial charge in [0.2, 0.25) is 15.9 Å². The molecule has 1 aliphatic rings. The highest BCUT2D eigenvalue weighted by molar-refractivity contribution is 7.89. The second kappa shape index (κ2) is 9.77. The van der Waals surface area contributed by atoms with E-state index < -0.39 is 27.9 Å². The smallest absolute Gasteiger partial charge is 0.243 e. The molecule has 0 heterocycles. The predicted octanol–water partition coefficient (Wildman–Crippen LogP) is 5.38. The number of benzene rings is 3. The number of halogens is 2. The molecule has 0 atom stereocenters. The monoisotopic (exact) mass is 513 g/mol. The topological polar surface area (TPSA) is 90.3 Å². The molecule has 3 aromatic rings. The molecule has 6 nitrogen and oxygen atoms in total. The molecule has 174 valence electrons. The zero-order valence-corrected chi connectivity index (χ0v) is 20.4. The largest absolute Gasteiger partial charge is 0.325 e. The molecule has 0 aliphatic heterocycles. The fraction of sp³-hybridized carbons (Fsp3) is 0.200. The minimum absolute atomic E-state index is 0.0207. The third-order valence-electron chi connectivity index (χ3n) is 5.76. The number of hydrogen-bond acceptors (Lipinski definition) is 4. The van der Waals surface area contributed by atoms with Crippen molar-refractivity contribution >= 4 is 44.8 Å². The van der Waals surface area contributed by atoms with Crippen molar-refractivity contribution in [3.05, 3.63) is 94.0 Å². The summed E-state index contributed by atoms with van der Waals surface area (Å²) >= 11 is 12.2. The summed E-state index contributed by atoms with van der Waals surface area (Å²) in [6, 6.07) is 22.1. The summed E-state index contributed by atoms with van der Waals surface area (Å²) in [7, 11) is -4.02. The Kier molecular flexibility index (Phi) is 6.96. The first-order chi connectivity index (χ1) is 16.2. The summed E-state index contributed by atoms with van der Waals surface area (Å²) in [5, 5.41) is 12.9. The first-order valence-corrected chi connectivity index (χ1v) is 12.7. The number of amides is 1. The maximum absolute atomic E-state index is 13.4. The van der Waals surface area contributed by atoms with Gasteiger partial charge < -0.3 is 5.32 Å². The molecule has 1 saturated carbocycles. The molecule has 34 heavy (non-hydrogen) atoms. The van der Waals surface area contributed by atoms with Crippen molar-refractivity contribution in [1.82, 2.24) is 4.31 Å². The zero-order chi connectivity index (χ0) is 24.3. The third-order valence-corrected chi connectivity index (χ3v) is 8.19. The highest BCUT2D eigenvalue weighted by Gasteiger charge is 2.44. The van der Waals surface area contributed by atoms with Crippen LogP contribution in [0.4, 0.5) is 5.69 Å². The summed E-state index contributed by atoms with van der Waals surface area (Å²) in [5.74, 6) is -0.501. The molecule has 0 spiro atoms. The van der Waals surface area contributed by atoms with Crippen LogP contribution in [-0.4, -0.2) is 25.2 Å². The highest BCUT2D eigenvalue weighted by Crippen LogP contribution is 2.47. The normalized spacial score (nSPS) is 14.4. The number of nitrogens with one attached hydrogen (secondary N) is 1. The van der Waals surface area contributed by atoms with E-state index in [2.05, 4.69) is 11.4 Å². The van der Waals surface area contributed by atoms with Gasteiger partial charge in [-0.2, -0.15) is 9.57 Å². The molecule has 9 heteroatoms. The van der Waals surface area contributed by atoms with Crippen LogP contribution in [0.2, 0.25) is 10.0 Å². The lowest BCUT2D eigenvalue weighted by Gasteiger charge is -2.22. The summed E-state index contributed by atoms with van der Waals surface area (Å²) in [5.41, 5.74) is 1.59. The lowest BCUT2D eigenvalue weighted by molar-refractivity contribution is -0.116. The number of sulfonamides is 1. The first-order valence-electron chi connectivity index (χ1n) is 10.5. The summed E-state index contributed by atoms with van der Waals surface area (Å²) < 4.78 is 27.8. The molecule has 1 fully saturated rings. The first kappa shape index (κ1) is 24.2. The fourth-order valence-electron chi connectivity index (χ4n) is 3.62. The van der Waals surface area contributed by atoms with Crippen molar-refractivity contribution in [2.75, 3.05) is 11.9 Å². The SMILES string of the molecule is N#CC1(c2ccc(NC(=O)CN(Cc3ccccc3Cl)S(=O)(=O)c3ccc(Cl)cc3)cc2)CC1. The quantitative estimate of drug-likeness (QED) is 0.437. The van der Waals surface area contributed by atoms with E-state index in [0.29, 0.717) is 21.3 Å². The molecule has 1 amide bonds. The Bertz CT molecular complexity index is 1350. The number of hydrogen-bond donors (Lipinski definition) is 1. The van der Waals surface area contributed by atoms with Gasteiger partial charge in [0, 0.05) is 22.3 Å². The Hall–Kier alpha value is -2.89. The molecular formula is C25H21Cl2N3O3S. The van der Waals surface area contributed by atoms with Crippen molar-refractivity contribution in [2.45, 2.75) is 29.7 Å². The van der Waals surface area contributed by atoms with Crippen LogP contribution in [0.3, 0.4) is 0 Å². The second-order valence-corrected chi connectivity index (χ2v) is 10.9. The van der Waals surface area contributed by atoms with Crippen LogP contribution in [0, 0.1) is 11.3 Å². The summed E-state index contributed by atoms with van der Waals surface area (Å²) in [4.78, 5) is 12.9. The van der Waals surface area contributed by atoms with Crippen molar-refractivity contribution in [3.63, 3.8) is 0 Å². The molecule has 0 bridgehead atoms. The van der Waals surface area contributed by atoms with Crippen molar-refractivity contribution in [2.24, 2.45) is 0 Å². The van der Waals surface area contributed by atoms with E-state index in [9.17, 15) is 18.5 Å². The number of nitriles is 1. The number of anilines is 1. The van der Waals surface area contributed by atoms with Crippen LogP contribution < -0.4 is 5.32 Å². The van der Waals surface area contributed by atoms with E-state index >= 15 is 0 Å². The van der Waals surface area contributed by atoms with Crippen LogP contribution in [-0.2, 0) is 26.8 Å². The number of carbonyl (C=O) groups excluding carboxylic acids is 1. The molecule has 1 aliphatic carbocycles. The molecule has 0 radical (unpaired) electrons. The van der Waals surface area contributed by atoms with Gasteiger partial charge in [0.15, 0.2) is 0 Å². The molecular weight excluding hydrogens is 493 g/mol. The van der Waals surface area contributed by atoms with Crippen LogP contribution in [0.5, 0.6) is 0 Å². The minimum Gasteiger partial charge on any atom is -0.325 e. The average molecular weight is 514 g/mol. The van der Waals surface area contributed by atoms with Gasteiger partial charge >= 0.3 is 0 Å². The maximum atomic E-state index is 13.4. The van der Waals surface area contributed by atoms with E-state index in [0.717, 1.165) is 22.7 Å². The molecule has 0 aromatic heterocycles. The van der Waals surface area contributed by atoms with E-state index in [1.54, 1.807) is 36.4 Å². The van der Waals surface area contributed by atoms with Crippen LogP contribution >= 0.6 is 23.2 Å². The van der Waals surface area contributed by atoms with E-state index in [1.807, 2.05) is 12.1 Å². The highest BCUT2D eigenvalue weighted by atomic mass is 35.5. The minimum atomic E-state index is -4.02. The van der Waals surface area contributed by atoms with Gasteiger partial charge in [0.1, 0.15) is 0 Å². The van der Waals surface area contributed by atoms with Crippen molar-refractivity contribution < 1.29 is 13.2 Å². The Morgan fingerprint density at radius 2 is 1.65 bits per heavy atom. The van der Waals surface area contributed by atoms with Crippen LogP contribution in [0.15, 0.2) is 77.7 Å². The zero-order valence-electron chi connectivity index (χ0n) is 18.0. The second-order valence-electron chi connectivity index (χ2n) is 8.14. The predicted molar refractivity (Wildman–Crippen MR) is 132 cm³/mol. The Morgan fingerprint density at radius 1 is 1.00 bits per heavy atom. The van der Waals surface area contributed by atoms with Crippen LogP contribution in [0.1, 0.15) is 24.0 Å². The number of carbonyl (C=O) groups is 1. The lowest BCUT2D eigenvalue weighted by Crippen LogP contribution is -2.37. The molecule has 4 rings (SSSR count). The summed E-state index contributed by atoms with van der Waals surface area (Å²) in [6.45, 7) is -0.498. The molecule has 0 saturated heterocycles.